The van der Waals surface area contributed by atoms with Crippen molar-refractivity contribution in [3.05, 3.63) is 18.0 Å². The summed E-state index contributed by atoms with van der Waals surface area (Å²) in [6.45, 7) is 1.30. The fourth-order valence-corrected chi connectivity index (χ4v) is 2.90. The lowest BCUT2D eigenvalue weighted by Gasteiger charge is -2.29. The number of hydrogen-bond acceptors (Lipinski definition) is 3. The predicted octanol–water partition coefficient (Wildman–Crippen LogP) is 0.844. The molecule has 19 heavy (non-hydrogen) atoms. The van der Waals surface area contributed by atoms with Crippen LogP contribution in [-0.4, -0.2) is 28.8 Å². The minimum atomic E-state index is 0.118. The van der Waals surface area contributed by atoms with Crippen LogP contribution in [0.2, 0.25) is 0 Å². The average Bonchev–Trinajstić information content (AvgIpc) is 2.84. The van der Waals surface area contributed by atoms with E-state index in [4.69, 9.17) is 5.73 Å². The average molecular weight is 264 g/mol. The predicted molar refractivity (Wildman–Crippen MR) is 74.4 cm³/mol. The highest BCUT2D eigenvalue weighted by molar-refractivity contribution is 5.79. The molecular formula is C14H24N4O. The second kappa shape index (κ2) is 6.70. The Morgan fingerprint density at radius 2 is 2.32 bits per heavy atom. The topological polar surface area (TPSA) is 72.9 Å². The molecule has 2 atom stereocenters. The van der Waals surface area contributed by atoms with Crippen LogP contribution in [0.4, 0.5) is 0 Å². The van der Waals surface area contributed by atoms with Gasteiger partial charge in [0, 0.05) is 25.7 Å². The van der Waals surface area contributed by atoms with Crippen LogP contribution in [0.5, 0.6) is 0 Å². The number of rotatable bonds is 5. The van der Waals surface area contributed by atoms with Crippen LogP contribution >= 0.6 is 0 Å². The van der Waals surface area contributed by atoms with Gasteiger partial charge in [0.25, 0.3) is 0 Å². The quantitative estimate of drug-likeness (QED) is 0.828. The van der Waals surface area contributed by atoms with Crippen molar-refractivity contribution in [2.24, 2.45) is 24.6 Å². The van der Waals surface area contributed by atoms with Crippen LogP contribution in [-0.2, 0) is 18.3 Å². The zero-order valence-corrected chi connectivity index (χ0v) is 11.6. The molecule has 1 saturated carbocycles. The maximum absolute atomic E-state index is 12.2. The molecule has 2 rings (SSSR count). The molecule has 1 aliphatic rings. The number of hydrogen-bond donors (Lipinski definition) is 2. The highest BCUT2D eigenvalue weighted by atomic mass is 16.1. The Bertz CT molecular complexity index is 415. The molecule has 1 fully saturated rings. The SMILES string of the molecule is Cn1cc(CCNC(=O)C2CCCCC2CN)cn1. The molecule has 0 aromatic carbocycles. The second-order valence-corrected chi connectivity index (χ2v) is 5.45. The number of carbonyl (C=O) groups is 1. The lowest BCUT2D eigenvalue weighted by Crippen LogP contribution is -2.40. The van der Waals surface area contributed by atoms with Crippen LogP contribution in [0.25, 0.3) is 0 Å². The molecule has 1 aromatic heterocycles. The van der Waals surface area contributed by atoms with Gasteiger partial charge in [0.15, 0.2) is 0 Å². The van der Waals surface area contributed by atoms with Gasteiger partial charge in [-0.15, -0.1) is 0 Å². The largest absolute Gasteiger partial charge is 0.356 e. The van der Waals surface area contributed by atoms with E-state index in [0.717, 1.165) is 31.2 Å². The van der Waals surface area contributed by atoms with Crippen molar-refractivity contribution in [1.29, 1.82) is 0 Å². The summed E-state index contributed by atoms with van der Waals surface area (Å²) in [7, 11) is 1.90. The first-order valence-electron chi connectivity index (χ1n) is 7.16. The van der Waals surface area contributed by atoms with Crippen LogP contribution in [0.1, 0.15) is 31.2 Å². The van der Waals surface area contributed by atoms with Crippen LogP contribution in [0.3, 0.4) is 0 Å². The van der Waals surface area contributed by atoms with E-state index in [1.807, 2.05) is 19.4 Å². The molecule has 0 aliphatic heterocycles. The van der Waals surface area contributed by atoms with Gasteiger partial charge >= 0.3 is 0 Å². The molecule has 0 saturated heterocycles. The van der Waals surface area contributed by atoms with Crippen molar-refractivity contribution >= 4 is 5.91 Å². The smallest absolute Gasteiger partial charge is 0.223 e. The first-order chi connectivity index (χ1) is 9.20. The van der Waals surface area contributed by atoms with E-state index >= 15 is 0 Å². The van der Waals surface area contributed by atoms with Crippen molar-refractivity contribution in [2.45, 2.75) is 32.1 Å². The number of carbonyl (C=O) groups excluding carboxylic acids is 1. The van der Waals surface area contributed by atoms with E-state index in [1.165, 1.54) is 6.42 Å². The van der Waals surface area contributed by atoms with Gasteiger partial charge < -0.3 is 11.1 Å². The molecule has 2 unspecified atom stereocenters. The van der Waals surface area contributed by atoms with Crippen molar-refractivity contribution in [3.63, 3.8) is 0 Å². The van der Waals surface area contributed by atoms with Crippen molar-refractivity contribution in [1.82, 2.24) is 15.1 Å². The third kappa shape index (κ3) is 3.80. The van der Waals surface area contributed by atoms with Gasteiger partial charge in [0.05, 0.1) is 6.20 Å². The van der Waals surface area contributed by atoms with Gasteiger partial charge in [-0.1, -0.05) is 12.8 Å². The number of aryl methyl sites for hydroxylation is 1. The Morgan fingerprint density at radius 1 is 1.53 bits per heavy atom. The zero-order valence-electron chi connectivity index (χ0n) is 11.6. The van der Waals surface area contributed by atoms with E-state index in [9.17, 15) is 4.79 Å². The fourth-order valence-electron chi connectivity index (χ4n) is 2.90. The van der Waals surface area contributed by atoms with Crippen LogP contribution in [0, 0.1) is 11.8 Å². The van der Waals surface area contributed by atoms with Crippen molar-refractivity contribution < 1.29 is 4.79 Å². The first-order valence-corrected chi connectivity index (χ1v) is 7.16. The van der Waals surface area contributed by atoms with Crippen molar-refractivity contribution in [3.8, 4) is 0 Å². The Morgan fingerprint density at radius 3 is 3.00 bits per heavy atom. The Kier molecular flexibility index (Phi) is 4.96. The second-order valence-electron chi connectivity index (χ2n) is 5.45. The molecular weight excluding hydrogens is 240 g/mol. The zero-order chi connectivity index (χ0) is 13.7. The lowest BCUT2D eigenvalue weighted by molar-refractivity contribution is -0.127. The van der Waals surface area contributed by atoms with Gasteiger partial charge in [-0.2, -0.15) is 5.10 Å². The number of amides is 1. The van der Waals surface area contributed by atoms with Crippen LogP contribution in [0.15, 0.2) is 12.4 Å². The first kappa shape index (κ1) is 14.1. The number of aromatic nitrogens is 2. The number of nitrogens with two attached hydrogens (primary N) is 1. The van der Waals surface area contributed by atoms with E-state index in [-0.39, 0.29) is 11.8 Å². The monoisotopic (exact) mass is 264 g/mol. The van der Waals surface area contributed by atoms with Crippen LogP contribution < -0.4 is 11.1 Å². The fraction of sp³-hybridized carbons (Fsp3) is 0.714. The summed E-state index contributed by atoms with van der Waals surface area (Å²) in [5.74, 6) is 0.666. The number of nitrogens with zero attached hydrogens (tertiary/aromatic N) is 2. The molecule has 0 bridgehead atoms. The summed E-state index contributed by atoms with van der Waals surface area (Å²) in [5, 5.41) is 7.16. The van der Waals surface area contributed by atoms with Gasteiger partial charge in [-0.05, 0) is 37.3 Å². The minimum Gasteiger partial charge on any atom is -0.356 e. The van der Waals surface area contributed by atoms with Gasteiger partial charge in [-0.3, -0.25) is 9.48 Å². The molecule has 0 radical (unpaired) electrons. The molecule has 1 aromatic rings. The number of nitrogens with one attached hydrogen (secondary N) is 1. The molecule has 1 aliphatic carbocycles. The summed E-state index contributed by atoms with van der Waals surface area (Å²) < 4.78 is 1.78. The highest BCUT2D eigenvalue weighted by Gasteiger charge is 2.29. The standard InChI is InChI=1S/C14H24N4O/c1-18-10-11(9-17-18)6-7-16-14(19)13-5-3-2-4-12(13)8-15/h9-10,12-13H,2-8,15H2,1H3,(H,16,19). The summed E-state index contributed by atoms with van der Waals surface area (Å²) in [5.41, 5.74) is 6.92. The van der Waals surface area contributed by atoms with Gasteiger partial charge in [-0.25, -0.2) is 0 Å². The molecule has 3 N–H and O–H groups in total. The Labute approximate surface area is 114 Å². The molecule has 0 spiro atoms. The molecule has 1 amide bonds. The minimum absolute atomic E-state index is 0.118. The van der Waals surface area contributed by atoms with E-state index < -0.39 is 0 Å². The maximum atomic E-state index is 12.2. The third-order valence-corrected chi connectivity index (χ3v) is 4.02. The van der Waals surface area contributed by atoms with Crippen molar-refractivity contribution in [2.75, 3.05) is 13.1 Å². The highest BCUT2D eigenvalue weighted by Crippen LogP contribution is 2.29. The van der Waals surface area contributed by atoms with E-state index in [1.54, 1.807) is 4.68 Å². The Balaban J connectivity index is 1.77. The molecule has 106 valence electrons. The summed E-state index contributed by atoms with van der Waals surface area (Å²) in [6.07, 6.45) is 9.10. The van der Waals surface area contributed by atoms with Gasteiger partial charge in [0.2, 0.25) is 5.91 Å². The summed E-state index contributed by atoms with van der Waals surface area (Å²) >= 11 is 0. The lowest BCUT2D eigenvalue weighted by atomic mass is 9.79. The summed E-state index contributed by atoms with van der Waals surface area (Å²) in [4.78, 5) is 12.2. The maximum Gasteiger partial charge on any atom is 0.223 e. The van der Waals surface area contributed by atoms with Gasteiger partial charge in [0.1, 0.15) is 0 Å². The summed E-state index contributed by atoms with van der Waals surface area (Å²) in [6, 6.07) is 0. The molecule has 1 heterocycles. The Hall–Kier alpha value is -1.36. The third-order valence-electron chi connectivity index (χ3n) is 4.02. The van der Waals surface area contributed by atoms with E-state index in [0.29, 0.717) is 19.0 Å². The molecule has 5 nitrogen and oxygen atoms in total. The normalized spacial score (nSPS) is 23.3. The molecule has 5 heteroatoms. The van der Waals surface area contributed by atoms with E-state index in [2.05, 4.69) is 10.4 Å².